The Balaban J connectivity index is 1.23. The number of carbonyl (C=O) groups excluding carboxylic acids is 4. The molecule has 2 heterocycles. The highest BCUT2D eigenvalue weighted by molar-refractivity contribution is 5.98. The molecule has 0 spiro atoms. The van der Waals surface area contributed by atoms with Crippen LogP contribution in [-0.2, 0) is 23.9 Å². The normalized spacial score (nSPS) is 38.0. The van der Waals surface area contributed by atoms with Crippen molar-refractivity contribution in [2.45, 2.75) is 70.3 Å². The first-order valence-electron chi connectivity index (χ1n) is 11.3. The fourth-order valence-corrected chi connectivity index (χ4v) is 7.15. The second-order valence-corrected chi connectivity index (χ2v) is 10.0. The van der Waals surface area contributed by atoms with Crippen molar-refractivity contribution in [1.29, 1.82) is 0 Å². The van der Waals surface area contributed by atoms with E-state index in [0.29, 0.717) is 50.1 Å². The van der Waals surface area contributed by atoms with Crippen LogP contribution >= 0.6 is 0 Å². The van der Waals surface area contributed by atoms with Gasteiger partial charge in [0.15, 0.2) is 6.61 Å². The Labute approximate surface area is 171 Å². The summed E-state index contributed by atoms with van der Waals surface area (Å²) >= 11 is 0. The summed E-state index contributed by atoms with van der Waals surface area (Å²) in [5, 5.41) is 0. The number of ether oxygens (including phenoxy) is 1. The van der Waals surface area contributed by atoms with E-state index in [0.717, 1.165) is 25.7 Å². The lowest BCUT2D eigenvalue weighted by molar-refractivity contribution is -0.167. The molecule has 1 atom stereocenters. The molecule has 6 aliphatic rings. The maximum absolute atomic E-state index is 13.6. The van der Waals surface area contributed by atoms with Crippen LogP contribution in [0.3, 0.4) is 0 Å². The van der Waals surface area contributed by atoms with Crippen molar-refractivity contribution in [3.05, 3.63) is 0 Å². The molecule has 29 heavy (non-hydrogen) atoms. The van der Waals surface area contributed by atoms with E-state index in [1.807, 2.05) is 0 Å². The van der Waals surface area contributed by atoms with E-state index in [9.17, 15) is 19.2 Å². The van der Waals surface area contributed by atoms with Crippen molar-refractivity contribution in [3.8, 4) is 0 Å². The number of esters is 1. The van der Waals surface area contributed by atoms with Crippen LogP contribution < -0.4 is 0 Å². The second kappa shape index (κ2) is 7.10. The summed E-state index contributed by atoms with van der Waals surface area (Å²) in [4.78, 5) is 53.1. The minimum Gasteiger partial charge on any atom is -0.454 e. The molecule has 4 saturated carbocycles. The third kappa shape index (κ3) is 3.26. The lowest BCUT2D eigenvalue weighted by atomic mass is 9.49. The molecule has 3 amide bonds. The number of imide groups is 1. The molecule has 7 nitrogen and oxygen atoms in total. The summed E-state index contributed by atoms with van der Waals surface area (Å²) < 4.78 is 5.27. The van der Waals surface area contributed by atoms with Gasteiger partial charge in [-0.15, -0.1) is 0 Å². The molecular formula is C22H30N2O5. The first kappa shape index (κ1) is 19.1. The highest BCUT2D eigenvalue weighted by atomic mass is 16.5. The SMILES string of the molecule is O=C(OCC(=O)N1CCCC1=O)C1CCCN1C(=O)C12CC3CC(CC(C3)C1)C2. The van der Waals surface area contributed by atoms with Crippen LogP contribution in [0.25, 0.3) is 0 Å². The molecule has 0 aromatic heterocycles. The highest BCUT2D eigenvalue weighted by Gasteiger charge is 2.57. The van der Waals surface area contributed by atoms with Gasteiger partial charge in [0.05, 0.1) is 5.41 Å². The van der Waals surface area contributed by atoms with Crippen molar-refractivity contribution < 1.29 is 23.9 Å². The first-order chi connectivity index (χ1) is 13.9. The zero-order valence-electron chi connectivity index (χ0n) is 16.9. The molecule has 158 valence electrons. The van der Waals surface area contributed by atoms with E-state index in [2.05, 4.69) is 0 Å². The molecule has 7 heteroatoms. The van der Waals surface area contributed by atoms with Gasteiger partial charge in [0.25, 0.3) is 5.91 Å². The minimum atomic E-state index is -0.586. The highest BCUT2D eigenvalue weighted by Crippen LogP contribution is 2.60. The summed E-state index contributed by atoms with van der Waals surface area (Å²) in [5.74, 6) is 1.01. The third-order valence-electron chi connectivity index (χ3n) is 7.99. The van der Waals surface area contributed by atoms with E-state index >= 15 is 0 Å². The average Bonchev–Trinajstić information content (AvgIpc) is 3.33. The van der Waals surface area contributed by atoms with Crippen molar-refractivity contribution >= 4 is 23.7 Å². The lowest BCUT2D eigenvalue weighted by Crippen LogP contribution is -2.56. The van der Waals surface area contributed by atoms with Crippen LogP contribution in [0.5, 0.6) is 0 Å². The van der Waals surface area contributed by atoms with Crippen LogP contribution in [0.2, 0.25) is 0 Å². The van der Waals surface area contributed by atoms with Gasteiger partial charge >= 0.3 is 5.97 Å². The maximum Gasteiger partial charge on any atom is 0.329 e. The van der Waals surface area contributed by atoms with E-state index in [4.69, 9.17) is 4.74 Å². The van der Waals surface area contributed by atoms with Gasteiger partial charge in [0, 0.05) is 19.5 Å². The summed E-state index contributed by atoms with van der Waals surface area (Å²) in [6.45, 7) is 0.578. The summed E-state index contributed by atoms with van der Waals surface area (Å²) in [6, 6.07) is -0.586. The van der Waals surface area contributed by atoms with E-state index < -0.39 is 24.5 Å². The molecule has 0 aromatic carbocycles. The number of rotatable bonds is 4. The lowest BCUT2D eigenvalue weighted by Gasteiger charge is -2.56. The van der Waals surface area contributed by atoms with Crippen molar-refractivity contribution in [2.24, 2.45) is 23.2 Å². The van der Waals surface area contributed by atoms with Crippen molar-refractivity contribution in [2.75, 3.05) is 19.7 Å². The maximum atomic E-state index is 13.6. The molecular weight excluding hydrogens is 372 g/mol. The van der Waals surface area contributed by atoms with E-state index in [1.54, 1.807) is 4.90 Å². The van der Waals surface area contributed by atoms with Gasteiger partial charge in [-0.3, -0.25) is 19.3 Å². The Morgan fingerprint density at radius 2 is 1.62 bits per heavy atom. The smallest absolute Gasteiger partial charge is 0.329 e. The van der Waals surface area contributed by atoms with Gasteiger partial charge in [0.2, 0.25) is 11.8 Å². The quantitative estimate of drug-likeness (QED) is 0.671. The number of likely N-dealkylation sites (tertiary alicyclic amines) is 2. The Hall–Kier alpha value is -1.92. The Bertz CT molecular complexity index is 712. The molecule has 2 saturated heterocycles. The largest absolute Gasteiger partial charge is 0.454 e. The van der Waals surface area contributed by atoms with Crippen molar-refractivity contribution in [1.82, 2.24) is 9.80 Å². The van der Waals surface area contributed by atoms with Crippen molar-refractivity contribution in [3.63, 3.8) is 0 Å². The predicted molar refractivity (Wildman–Crippen MR) is 102 cm³/mol. The predicted octanol–water partition coefficient (Wildman–Crippen LogP) is 1.89. The number of hydrogen-bond acceptors (Lipinski definition) is 5. The average molecular weight is 402 g/mol. The number of hydrogen-bond donors (Lipinski definition) is 0. The molecule has 0 aromatic rings. The van der Waals surface area contributed by atoms with Crippen LogP contribution in [0.1, 0.15) is 64.2 Å². The molecule has 6 rings (SSSR count). The summed E-state index contributed by atoms with van der Waals surface area (Å²) in [6.07, 6.45) is 9.16. The molecule has 0 radical (unpaired) electrons. The van der Waals surface area contributed by atoms with Crippen LogP contribution in [0.4, 0.5) is 0 Å². The Kier molecular flexibility index (Phi) is 4.67. The number of carbonyl (C=O) groups is 4. The minimum absolute atomic E-state index is 0.150. The molecule has 4 bridgehead atoms. The third-order valence-corrected chi connectivity index (χ3v) is 7.99. The molecule has 6 fully saturated rings. The van der Waals surface area contributed by atoms with Gasteiger partial charge in [-0.25, -0.2) is 4.79 Å². The number of amides is 3. The fourth-order valence-electron chi connectivity index (χ4n) is 7.15. The van der Waals surface area contributed by atoms with Crippen LogP contribution in [-0.4, -0.2) is 59.2 Å². The molecule has 2 aliphatic heterocycles. The summed E-state index contributed by atoms with van der Waals surface area (Å²) in [5.41, 5.74) is -0.268. The molecule has 0 N–H and O–H groups in total. The van der Waals surface area contributed by atoms with Gasteiger partial charge in [-0.1, -0.05) is 0 Å². The zero-order chi connectivity index (χ0) is 20.2. The standard InChI is InChI=1S/C22H30N2O5/c25-18-4-2-6-24(18)19(26)13-29-20(27)17-3-1-5-23(17)21(28)22-10-14-7-15(11-22)9-16(8-14)12-22/h14-17H,1-13H2. The van der Waals surface area contributed by atoms with Crippen LogP contribution in [0.15, 0.2) is 0 Å². The van der Waals surface area contributed by atoms with Gasteiger partial charge in [0.1, 0.15) is 6.04 Å². The second-order valence-electron chi connectivity index (χ2n) is 10.0. The molecule has 4 aliphatic carbocycles. The Morgan fingerprint density at radius 1 is 0.966 bits per heavy atom. The van der Waals surface area contributed by atoms with E-state index in [1.165, 1.54) is 24.2 Å². The fraction of sp³-hybridized carbons (Fsp3) is 0.818. The van der Waals surface area contributed by atoms with Gasteiger partial charge in [-0.2, -0.15) is 0 Å². The van der Waals surface area contributed by atoms with E-state index in [-0.39, 0.29) is 17.2 Å². The monoisotopic (exact) mass is 402 g/mol. The Morgan fingerprint density at radius 3 is 2.21 bits per heavy atom. The van der Waals surface area contributed by atoms with Gasteiger partial charge in [-0.05, 0) is 75.5 Å². The number of nitrogens with zero attached hydrogens (tertiary/aromatic N) is 2. The molecule has 1 unspecified atom stereocenters. The first-order valence-corrected chi connectivity index (χ1v) is 11.3. The zero-order valence-corrected chi connectivity index (χ0v) is 16.9. The summed E-state index contributed by atoms with van der Waals surface area (Å²) in [7, 11) is 0. The van der Waals surface area contributed by atoms with Crippen LogP contribution in [0, 0.1) is 23.2 Å². The van der Waals surface area contributed by atoms with Gasteiger partial charge < -0.3 is 9.64 Å². The topological polar surface area (TPSA) is 84.0 Å².